The largest absolute Gasteiger partial charge is 0.480 e. The normalized spacial score (nSPS) is 10.7. The molecule has 0 radical (unpaired) electrons. The van der Waals surface area contributed by atoms with Gasteiger partial charge in [-0.25, -0.2) is 0 Å². The fourth-order valence-corrected chi connectivity index (χ4v) is 1.17. The number of carboxylic acid groups (broad SMARTS) is 1. The van der Waals surface area contributed by atoms with Crippen molar-refractivity contribution in [1.82, 2.24) is 9.78 Å². The second-order valence-corrected chi connectivity index (χ2v) is 3.20. The minimum absolute atomic E-state index is 0.134. The maximum absolute atomic E-state index is 10.5. The van der Waals surface area contributed by atoms with E-state index in [1.165, 1.54) is 4.68 Å². The Bertz CT molecular complexity index is 317. The Morgan fingerprint density at radius 1 is 1.77 bits per heavy atom. The molecule has 13 heavy (non-hydrogen) atoms. The average molecular weight is 183 g/mol. The molecule has 1 aromatic rings. The number of aromatic nitrogens is 2. The van der Waals surface area contributed by atoms with Crippen molar-refractivity contribution in [1.29, 1.82) is 0 Å². The first kappa shape index (κ1) is 9.57. The first-order valence-corrected chi connectivity index (χ1v) is 4.05. The minimum Gasteiger partial charge on any atom is -0.480 e. The van der Waals surface area contributed by atoms with Crippen LogP contribution in [0, 0.1) is 0 Å². The van der Waals surface area contributed by atoms with E-state index in [2.05, 4.69) is 5.10 Å². The van der Waals surface area contributed by atoms with Gasteiger partial charge in [0.2, 0.25) is 0 Å². The van der Waals surface area contributed by atoms with Gasteiger partial charge in [0.15, 0.2) is 0 Å². The molecule has 5 heteroatoms. The van der Waals surface area contributed by atoms with Crippen molar-refractivity contribution < 1.29 is 9.90 Å². The van der Waals surface area contributed by atoms with E-state index in [0.717, 1.165) is 5.69 Å². The number of hydrogen-bond donors (Lipinski definition) is 2. The molecule has 1 heterocycles. The number of rotatable bonds is 3. The van der Waals surface area contributed by atoms with E-state index >= 15 is 0 Å². The molecular formula is C8H13N3O2. The summed E-state index contributed by atoms with van der Waals surface area (Å²) in [5.74, 6) is -0.320. The van der Waals surface area contributed by atoms with E-state index in [1.807, 2.05) is 13.8 Å². The molecule has 3 N–H and O–H groups in total. The van der Waals surface area contributed by atoms with E-state index in [4.69, 9.17) is 10.8 Å². The van der Waals surface area contributed by atoms with Gasteiger partial charge in [0.05, 0.1) is 0 Å². The quantitative estimate of drug-likeness (QED) is 0.721. The van der Waals surface area contributed by atoms with E-state index in [0.29, 0.717) is 5.82 Å². The molecule has 0 spiro atoms. The number of aliphatic carboxylic acids is 1. The lowest BCUT2D eigenvalue weighted by Crippen LogP contribution is -2.13. The molecule has 1 rings (SSSR count). The van der Waals surface area contributed by atoms with Crippen molar-refractivity contribution in [2.24, 2.45) is 0 Å². The molecular weight excluding hydrogens is 170 g/mol. The lowest BCUT2D eigenvalue weighted by Gasteiger charge is -2.06. The Balaban J connectivity index is 2.97. The molecule has 0 unspecified atom stereocenters. The molecule has 0 saturated carbocycles. The first-order chi connectivity index (χ1) is 6.00. The summed E-state index contributed by atoms with van der Waals surface area (Å²) in [5.41, 5.74) is 6.32. The van der Waals surface area contributed by atoms with Crippen LogP contribution in [0.25, 0.3) is 0 Å². The highest BCUT2D eigenvalue weighted by atomic mass is 16.4. The molecule has 0 aliphatic rings. The number of anilines is 1. The number of carboxylic acids is 1. The molecule has 0 aliphatic carbocycles. The summed E-state index contributed by atoms with van der Waals surface area (Å²) in [6, 6.07) is 1.70. The summed E-state index contributed by atoms with van der Waals surface area (Å²) >= 11 is 0. The fourth-order valence-electron chi connectivity index (χ4n) is 1.17. The second kappa shape index (κ2) is 3.47. The maximum atomic E-state index is 10.5. The molecule has 0 bridgehead atoms. The van der Waals surface area contributed by atoms with Crippen molar-refractivity contribution in [3.63, 3.8) is 0 Å². The summed E-state index contributed by atoms with van der Waals surface area (Å²) < 4.78 is 1.42. The van der Waals surface area contributed by atoms with E-state index in [1.54, 1.807) is 6.07 Å². The van der Waals surface area contributed by atoms with Gasteiger partial charge in [0.25, 0.3) is 0 Å². The number of hydrogen-bond acceptors (Lipinski definition) is 3. The zero-order chi connectivity index (χ0) is 10.0. The van der Waals surface area contributed by atoms with Crippen molar-refractivity contribution in [3.05, 3.63) is 11.8 Å². The van der Waals surface area contributed by atoms with Crippen LogP contribution >= 0.6 is 0 Å². The third-order valence-electron chi connectivity index (χ3n) is 1.71. The molecule has 0 saturated heterocycles. The molecule has 1 aromatic heterocycles. The van der Waals surface area contributed by atoms with Gasteiger partial charge in [-0.2, -0.15) is 5.10 Å². The minimum atomic E-state index is -0.912. The van der Waals surface area contributed by atoms with Crippen LogP contribution in [0.5, 0.6) is 0 Å². The fraction of sp³-hybridized carbons (Fsp3) is 0.500. The van der Waals surface area contributed by atoms with Gasteiger partial charge in [-0.15, -0.1) is 0 Å². The van der Waals surface area contributed by atoms with E-state index in [-0.39, 0.29) is 12.5 Å². The highest BCUT2D eigenvalue weighted by molar-refractivity contribution is 5.66. The highest BCUT2D eigenvalue weighted by Gasteiger charge is 2.11. The van der Waals surface area contributed by atoms with E-state index in [9.17, 15) is 4.79 Å². The van der Waals surface area contributed by atoms with Crippen LogP contribution in [-0.2, 0) is 11.3 Å². The van der Waals surface area contributed by atoms with Crippen molar-refractivity contribution in [2.45, 2.75) is 26.3 Å². The standard InChI is InChI=1S/C8H13N3O2/c1-5(2)6-3-7(9)10-11(6)4-8(12)13/h3,5H,4H2,1-2H3,(H2,9,10)(H,12,13). The van der Waals surface area contributed by atoms with Crippen LogP contribution in [0.4, 0.5) is 5.82 Å². The summed E-state index contributed by atoms with van der Waals surface area (Å²) in [7, 11) is 0. The molecule has 0 amide bonds. The van der Waals surface area contributed by atoms with Crippen molar-refractivity contribution in [2.75, 3.05) is 5.73 Å². The molecule has 72 valence electrons. The zero-order valence-electron chi connectivity index (χ0n) is 7.69. The molecule has 0 fully saturated rings. The van der Waals surface area contributed by atoms with Gasteiger partial charge in [0, 0.05) is 11.8 Å². The Kier molecular flexibility index (Phi) is 2.55. The van der Waals surface area contributed by atoms with E-state index < -0.39 is 5.97 Å². The highest BCUT2D eigenvalue weighted by Crippen LogP contribution is 2.16. The summed E-state index contributed by atoms with van der Waals surface area (Å²) in [4.78, 5) is 10.5. The average Bonchev–Trinajstić information content (AvgIpc) is 2.29. The summed E-state index contributed by atoms with van der Waals surface area (Å²) in [6.45, 7) is 3.80. The lowest BCUT2D eigenvalue weighted by atomic mass is 10.1. The van der Waals surface area contributed by atoms with Crippen molar-refractivity contribution in [3.8, 4) is 0 Å². The zero-order valence-corrected chi connectivity index (χ0v) is 7.69. The third-order valence-corrected chi connectivity index (χ3v) is 1.71. The monoisotopic (exact) mass is 183 g/mol. The summed E-state index contributed by atoms with van der Waals surface area (Å²) in [6.07, 6.45) is 0. The van der Waals surface area contributed by atoms with Crippen LogP contribution in [-0.4, -0.2) is 20.9 Å². The Morgan fingerprint density at radius 3 is 2.85 bits per heavy atom. The predicted octanol–water partition coefficient (Wildman–Crippen LogP) is 0.673. The van der Waals surface area contributed by atoms with Crippen molar-refractivity contribution >= 4 is 11.8 Å². The Hall–Kier alpha value is -1.52. The SMILES string of the molecule is CC(C)c1cc(N)nn1CC(=O)O. The molecule has 0 aliphatic heterocycles. The lowest BCUT2D eigenvalue weighted by molar-refractivity contribution is -0.137. The predicted molar refractivity (Wildman–Crippen MR) is 48.4 cm³/mol. The van der Waals surface area contributed by atoms with Gasteiger partial charge in [-0.1, -0.05) is 13.8 Å². The first-order valence-electron chi connectivity index (χ1n) is 4.05. The number of nitrogens with two attached hydrogens (primary N) is 1. The van der Waals surface area contributed by atoms with Gasteiger partial charge >= 0.3 is 5.97 Å². The molecule has 0 atom stereocenters. The second-order valence-electron chi connectivity index (χ2n) is 3.20. The summed E-state index contributed by atoms with van der Waals surface area (Å²) in [5, 5.41) is 12.5. The number of carbonyl (C=O) groups is 1. The smallest absolute Gasteiger partial charge is 0.325 e. The van der Waals surface area contributed by atoms with Crippen LogP contribution in [0.1, 0.15) is 25.5 Å². The molecule has 5 nitrogen and oxygen atoms in total. The van der Waals surface area contributed by atoms with Crippen LogP contribution < -0.4 is 5.73 Å². The number of nitrogens with zero attached hydrogens (tertiary/aromatic N) is 2. The van der Waals surface area contributed by atoms with Crippen LogP contribution in [0.3, 0.4) is 0 Å². The Labute approximate surface area is 76.2 Å². The van der Waals surface area contributed by atoms with Gasteiger partial charge in [-0.3, -0.25) is 9.48 Å². The van der Waals surface area contributed by atoms with Gasteiger partial charge in [0.1, 0.15) is 12.4 Å². The maximum Gasteiger partial charge on any atom is 0.325 e. The third kappa shape index (κ3) is 2.21. The van der Waals surface area contributed by atoms with Gasteiger partial charge in [-0.05, 0) is 5.92 Å². The van der Waals surface area contributed by atoms with Crippen LogP contribution in [0.15, 0.2) is 6.07 Å². The van der Waals surface area contributed by atoms with Crippen LogP contribution in [0.2, 0.25) is 0 Å². The number of nitrogen functional groups attached to an aromatic ring is 1. The molecule has 0 aromatic carbocycles. The topological polar surface area (TPSA) is 81.1 Å². The Morgan fingerprint density at radius 2 is 2.38 bits per heavy atom. The van der Waals surface area contributed by atoms with Gasteiger partial charge < -0.3 is 10.8 Å².